The first kappa shape index (κ1) is 25.2. The summed E-state index contributed by atoms with van der Waals surface area (Å²) in [6, 6.07) is 7.63. The minimum atomic E-state index is -0.485. The molecule has 0 aliphatic carbocycles. The fourth-order valence-corrected chi connectivity index (χ4v) is 2.27. The largest absolute Gasteiger partial charge is 0.491 e. The molecule has 0 radical (unpaired) electrons. The number of aliphatic hydroxyl groups excluding tert-OH is 1. The summed E-state index contributed by atoms with van der Waals surface area (Å²) in [6.07, 6.45) is 4.72. The maximum atomic E-state index is 10.3. The summed E-state index contributed by atoms with van der Waals surface area (Å²) in [7, 11) is 3.67. The molecule has 1 aromatic carbocycles. The average molecular weight is 388 g/mol. The summed E-state index contributed by atoms with van der Waals surface area (Å²) in [6.45, 7) is 8.27. The lowest BCUT2D eigenvalue weighted by Gasteiger charge is -2.20. The molecular weight excluding hydrogens is 350 g/mol. The predicted molar refractivity (Wildman–Crippen MR) is 111 cm³/mol. The Labute approximate surface area is 165 Å². The number of unbranched alkanes of at least 4 members (excludes halogenated alkanes) is 2. The second-order valence-electron chi connectivity index (χ2n) is 7.01. The molecular formula is C21H38ClNO3. The van der Waals surface area contributed by atoms with E-state index in [2.05, 4.69) is 12.2 Å². The van der Waals surface area contributed by atoms with Crippen molar-refractivity contribution in [3.8, 4) is 5.75 Å². The number of para-hydroxylation sites is 1. The maximum absolute atomic E-state index is 10.3. The van der Waals surface area contributed by atoms with Crippen molar-refractivity contribution in [3.05, 3.63) is 29.8 Å². The van der Waals surface area contributed by atoms with Gasteiger partial charge >= 0.3 is 0 Å². The van der Waals surface area contributed by atoms with Gasteiger partial charge in [0.1, 0.15) is 12.4 Å². The van der Waals surface area contributed by atoms with Gasteiger partial charge in [0.05, 0.1) is 11.0 Å². The molecule has 26 heavy (non-hydrogen) atoms. The van der Waals surface area contributed by atoms with E-state index in [1.165, 1.54) is 12.8 Å². The fourth-order valence-electron chi connectivity index (χ4n) is 2.22. The number of nitrogens with one attached hydrogen (secondary N) is 1. The molecule has 0 bridgehead atoms. The van der Waals surface area contributed by atoms with Gasteiger partial charge in [-0.1, -0.05) is 31.5 Å². The first-order valence-electron chi connectivity index (χ1n) is 9.58. The van der Waals surface area contributed by atoms with Crippen molar-refractivity contribution < 1.29 is 14.6 Å². The van der Waals surface area contributed by atoms with Crippen molar-refractivity contribution in [1.29, 1.82) is 0 Å². The molecule has 0 spiro atoms. The zero-order valence-electron chi connectivity index (χ0n) is 17.2. The number of halogens is 1. The molecule has 0 aromatic heterocycles. The van der Waals surface area contributed by atoms with E-state index >= 15 is 0 Å². The summed E-state index contributed by atoms with van der Waals surface area (Å²) in [5.41, 5.74) is 0.845. The van der Waals surface area contributed by atoms with Crippen molar-refractivity contribution >= 4 is 11.6 Å². The van der Waals surface area contributed by atoms with Crippen LogP contribution in [0.1, 0.15) is 64.5 Å². The summed E-state index contributed by atoms with van der Waals surface area (Å²) in [5.74, 6) is 0.724. The predicted octanol–water partition coefficient (Wildman–Crippen LogP) is 4.94. The average Bonchev–Trinajstić information content (AvgIpc) is 2.62. The molecule has 1 unspecified atom stereocenters. The second-order valence-corrected chi connectivity index (χ2v) is 8.03. The Kier molecular flexibility index (Phi) is 14.8. The van der Waals surface area contributed by atoms with E-state index in [1.54, 1.807) is 7.11 Å². The Morgan fingerprint density at radius 1 is 1.19 bits per heavy atom. The highest BCUT2D eigenvalue weighted by Crippen LogP contribution is 2.29. The van der Waals surface area contributed by atoms with E-state index in [1.807, 2.05) is 45.2 Å². The van der Waals surface area contributed by atoms with Crippen molar-refractivity contribution in [1.82, 2.24) is 5.32 Å². The van der Waals surface area contributed by atoms with Gasteiger partial charge in [-0.05, 0) is 59.2 Å². The van der Waals surface area contributed by atoms with Gasteiger partial charge in [0.2, 0.25) is 0 Å². The third kappa shape index (κ3) is 13.4. The standard InChI is InChI=1S/C16H26ClNO2.C5H12O/c1-16(2,17)12-20-15-10-5-4-8-13(15)14(19)9-6-7-11-18-3;1-3-4-5-6-2/h4-5,8,10,14,18-19H,6-7,9,11-12H2,1-3H3;3-5H2,1-2H3. The Morgan fingerprint density at radius 2 is 1.88 bits per heavy atom. The first-order chi connectivity index (χ1) is 12.4. The minimum absolute atomic E-state index is 0.412. The number of alkyl halides is 1. The summed E-state index contributed by atoms with van der Waals surface area (Å²) >= 11 is 6.14. The number of hydrogen-bond acceptors (Lipinski definition) is 4. The Balaban J connectivity index is 0.000000896. The van der Waals surface area contributed by atoms with E-state index in [0.717, 1.165) is 43.7 Å². The quantitative estimate of drug-likeness (QED) is 0.394. The van der Waals surface area contributed by atoms with E-state index < -0.39 is 11.0 Å². The van der Waals surface area contributed by atoms with E-state index in [9.17, 15) is 5.11 Å². The smallest absolute Gasteiger partial charge is 0.125 e. The molecule has 152 valence electrons. The van der Waals surface area contributed by atoms with Gasteiger partial charge in [0, 0.05) is 19.3 Å². The van der Waals surface area contributed by atoms with Crippen molar-refractivity contribution in [2.24, 2.45) is 0 Å². The molecule has 2 N–H and O–H groups in total. The lowest BCUT2D eigenvalue weighted by atomic mass is 10.0. The van der Waals surface area contributed by atoms with Crippen molar-refractivity contribution in [3.63, 3.8) is 0 Å². The number of benzene rings is 1. The van der Waals surface area contributed by atoms with Crippen LogP contribution in [0.2, 0.25) is 0 Å². The van der Waals surface area contributed by atoms with Crippen LogP contribution in [0.5, 0.6) is 5.75 Å². The van der Waals surface area contributed by atoms with Crippen LogP contribution in [0.15, 0.2) is 24.3 Å². The number of methoxy groups -OCH3 is 1. The van der Waals surface area contributed by atoms with Crippen LogP contribution in [0, 0.1) is 0 Å². The van der Waals surface area contributed by atoms with E-state index in [4.69, 9.17) is 21.1 Å². The minimum Gasteiger partial charge on any atom is -0.491 e. The maximum Gasteiger partial charge on any atom is 0.125 e. The highest BCUT2D eigenvalue weighted by molar-refractivity contribution is 6.23. The second kappa shape index (κ2) is 15.3. The van der Waals surface area contributed by atoms with Gasteiger partial charge in [-0.2, -0.15) is 0 Å². The van der Waals surface area contributed by atoms with Gasteiger partial charge in [0.25, 0.3) is 0 Å². The molecule has 1 atom stereocenters. The normalized spacial score (nSPS) is 12.3. The van der Waals surface area contributed by atoms with Crippen LogP contribution in [0.4, 0.5) is 0 Å². The number of rotatable bonds is 12. The van der Waals surface area contributed by atoms with Crippen LogP contribution in [-0.2, 0) is 4.74 Å². The highest BCUT2D eigenvalue weighted by atomic mass is 35.5. The zero-order valence-corrected chi connectivity index (χ0v) is 17.9. The van der Waals surface area contributed by atoms with Crippen LogP contribution in [0.25, 0.3) is 0 Å². The monoisotopic (exact) mass is 387 g/mol. The Morgan fingerprint density at radius 3 is 2.42 bits per heavy atom. The van der Waals surface area contributed by atoms with Crippen LogP contribution < -0.4 is 10.1 Å². The van der Waals surface area contributed by atoms with Crippen LogP contribution in [0.3, 0.4) is 0 Å². The topological polar surface area (TPSA) is 50.7 Å². The third-order valence-electron chi connectivity index (χ3n) is 3.71. The molecule has 5 heteroatoms. The highest BCUT2D eigenvalue weighted by Gasteiger charge is 2.17. The van der Waals surface area contributed by atoms with Gasteiger partial charge in [-0.15, -0.1) is 11.6 Å². The molecule has 0 saturated carbocycles. The fraction of sp³-hybridized carbons (Fsp3) is 0.714. The van der Waals surface area contributed by atoms with Crippen molar-refractivity contribution in [2.75, 3.05) is 33.9 Å². The molecule has 1 aromatic rings. The Bertz CT molecular complexity index is 445. The number of ether oxygens (including phenoxy) is 2. The SMILES string of the molecule is CCCCOC.CNCCCCC(O)c1ccccc1OCC(C)(C)Cl. The van der Waals surface area contributed by atoms with Gasteiger partial charge in [-0.25, -0.2) is 0 Å². The summed E-state index contributed by atoms with van der Waals surface area (Å²) < 4.78 is 10.5. The van der Waals surface area contributed by atoms with E-state index in [0.29, 0.717) is 6.61 Å². The summed E-state index contributed by atoms with van der Waals surface area (Å²) in [5, 5.41) is 13.4. The molecule has 0 aliphatic heterocycles. The first-order valence-corrected chi connectivity index (χ1v) is 9.95. The molecule has 0 fully saturated rings. The molecule has 0 aliphatic rings. The Hall–Kier alpha value is -0.810. The van der Waals surface area contributed by atoms with Gasteiger partial charge in [0.15, 0.2) is 0 Å². The van der Waals surface area contributed by atoms with Gasteiger partial charge < -0.3 is 19.9 Å². The third-order valence-corrected chi connectivity index (χ3v) is 3.81. The molecule has 1 rings (SSSR count). The van der Waals surface area contributed by atoms with Crippen molar-refractivity contribution in [2.45, 2.75) is 63.9 Å². The molecule has 0 saturated heterocycles. The number of aliphatic hydroxyl groups is 1. The number of hydrogen-bond donors (Lipinski definition) is 2. The van der Waals surface area contributed by atoms with E-state index in [-0.39, 0.29) is 0 Å². The molecule has 0 amide bonds. The van der Waals surface area contributed by atoms with Gasteiger partial charge in [-0.3, -0.25) is 0 Å². The zero-order chi connectivity index (χ0) is 19.8. The lowest BCUT2D eigenvalue weighted by Crippen LogP contribution is -2.22. The lowest BCUT2D eigenvalue weighted by molar-refractivity contribution is 0.156. The molecule has 0 heterocycles. The molecule has 4 nitrogen and oxygen atoms in total. The van der Waals surface area contributed by atoms with Crippen LogP contribution in [-0.4, -0.2) is 43.9 Å². The summed E-state index contributed by atoms with van der Waals surface area (Å²) in [4.78, 5) is -0.412. The van der Waals surface area contributed by atoms with Crippen LogP contribution >= 0.6 is 11.6 Å².